The maximum Gasteiger partial charge on any atom is 0.267 e. The first-order valence-corrected chi connectivity index (χ1v) is 8.90. The fraction of sp³-hybridized carbons (Fsp3) is 0.250. The van der Waals surface area contributed by atoms with E-state index in [-0.39, 0.29) is 30.2 Å². The minimum atomic E-state index is -0.298. The summed E-state index contributed by atoms with van der Waals surface area (Å²) in [5.41, 5.74) is 0.438. The van der Waals surface area contributed by atoms with E-state index in [1.54, 1.807) is 24.4 Å². The maximum absolute atomic E-state index is 12.8. The third kappa shape index (κ3) is 3.30. The highest BCUT2D eigenvalue weighted by molar-refractivity contribution is 8.26. The summed E-state index contributed by atoms with van der Waals surface area (Å²) in [4.78, 5) is 31.6. The number of nitrogens with one attached hydrogen (secondary N) is 1. The fourth-order valence-corrected chi connectivity index (χ4v) is 3.81. The lowest BCUT2D eigenvalue weighted by Gasteiger charge is -2.11. The quantitative estimate of drug-likeness (QED) is 0.601. The zero-order chi connectivity index (χ0) is 18.0. The molecule has 130 valence electrons. The van der Waals surface area contributed by atoms with Gasteiger partial charge < -0.3 is 10.4 Å². The summed E-state index contributed by atoms with van der Waals surface area (Å²) in [6, 6.07) is 5.23. The van der Waals surface area contributed by atoms with E-state index in [9.17, 15) is 9.59 Å². The second-order valence-electron chi connectivity index (χ2n) is 5.18. The van der Waals surface area contributed by atoms with E-state index in [4.69, 9.17) is 17.3 Å². The molecule has 7 nitrogen and oxygen atoms in total. The van der Waals surface area contributed by atoms with Gasteiger partial charge >= 0.3 is 0 Å². The van der Waals surface area contributed by atoms with E-state index < -0.39 is 0 Å². The van der Waals surface area contributed by atoms with Crippen LogP contribution in [0.25, 0.3) is 11.7 Å². The monoisotopic (exact) mass is 376 g/mol. The molecule has 1 saturated heterocycles. The second kappa shape index (κ2) is 7.34. The van der Waals surface area contributed by atoms with E-state index in [2.05, 4.69) is 10.3 Å². The maximum atomic E-state index is 12.8. The van der Waals surface area contributed by atoms with Crippen molar-refractivity contribution >= 4 is 51.7 Å². The molecule has 25 heavy (non-hydrogen) atoms. The second-order valence-corrected chi connectivity index (χ2v) is 6.86. The van der Waals surface area contributed by atoms with Crippen LogP contribution in [0.1, 0.15) is 12.5 Å². The summed E-state index contributed by atoms with van der Waals surface area (Å²) in [6.45, 7) is 2.46. The van der Waals surface area contributed by atoms with Crippen molar-refractivity contribution in [3.05, 3.63) is 45.2 Å². The normalized spacial score (nSPS) is 16.2. The van der Waals surface area contributed by atoms with Gasteiger partial charge in [0.25, 0.3) is 11.5 Å². The van der Waals surface area contributed by atoms with Crippen molar-refractivity contribution in [2.75, 3.05) is 25.0 Å². The average molecular weight is 376 g/mol. The molecule has 0 aliphatic carbocycles. The molecule has 3 rings (SSSR count). The highest BCUT2D eigenvalue weighted by Gasteiger charge is 2.31. The number of aliphatic hydroxyl groups is 1. The zero-order valence-electron chi connectivity index (χ0n) is 13.4. The largest absolute Gasteiger partial charge is 0.395 e. The van der Waals surface area contributed by atoms with E-state index in [0.717, 1.165) is 11.8 Å². The van der Waals surface area contributed by atoms with Crippen LogP contribution in [0.2, 0.25) is 0 Å². The van der Waals surface area contributed by atoms with Crippen LogP contribution >= 0.6 is 24.0 Å². The van der Waals surface area contributed by atoms with Crippen molar-refractivity contribution in [2.24, 2.45) is 0 Å². The molecule has 1 amide bonds. The molecule has 0 aromatic carbocycles. The van der Waals surface area contributed by atoms with Gasteiger partial charge in [-0.1, -0.05) is 30.0 Å². The van der Waals surface area contributed by atoms with Gasteiger partial charge in [0, 0.05) is 19.3 Å². The van der Waals surface area contributed by atoms with E-state index in [0.29, 0.717) is 27.2 Å². The van der Waals surface area contributed by atoms with Gasteiger partial charge in [0.2, 0.25) is 0 Å². The van der Waals surface area contributed by atoms with Crippen LogP contribution in [0.5, 0.6) is 0 Å². The first-order chi connectivity index (χ1) is 12.1. The van der Waals surface area contributed by atoms with Crippen molar-refractivity contribution in [1.29, 1.82) is 0 Å². The molecule has 2 N–H and O–H groups in total. The molecule has 0 unspecified atom stereocenters. The molecule has 1 aliphatic rings. The zero-order valence-corrected chi connectivity index (χ0v) is 15.1. The van der Waals surface area contributed by atoms with Gasteiger partial charge in [-0.15, -0.1) is 0 Å². The van der Waals surface area contributed by atoms with Crippen molar-refractivity contribution in [3.8, 4) is 0 Å². The predicted molar refractivity (Wildman–Crippen MR) is 103 cm³/mol. The molecule has 0 atom stereocenters. The first kappa shape index (κ1) is 17.6. The third-order valence-electron chi connectivity index (χ3n) is 3.64. The van der Waals surface area contributed by atoms with Gasteiger partial charge in [0.1, 0.15) is 15.8 Å². The Hall–Kier alpha value is -2.23. The number of rotatable bonds is 5. The minimum absolute atomic E-state index is 0.104. The van der Waals surface area contributed by atoms with Gasteiger partial charge in [-0.3, -0.25) is 18.9 Å². The number of nitrogens with zero attached hydrogens (tertiary/aromatic N) is 3. The number of thiocarbonyl (C=S) groups is 1. The van der Waals surface area contributed by atoms with Crippen LogP contribution < -0.4 is 10.9 Å². The van der Waals surface area contributed by atoms with Crippen LogP contribution in [-0.2, 0) is 4.79 Å². The topological polar surface area (TPSA) is 86.9 Å². The molecule has 0 radical (unpaired) electrons. The number of aliphatic hydroxyl groups excluding tert-OH is 1. The van der Waals surface area contributed by atoms with Crippen molar-refractivity contribution in [3.63, 3.8) is 0 Å². The lowest BCUT2D eigenvalue weighted by Crippen LogP contribution is -2.27. The number of carbonyl (C=O) groups is 1. The van der Waals surface area contributed by atoms with Gasteiger partial charge in [-0.2, -0.15) is 0 Å². The highest BCUT2D eigenvalue weighted by atomic mass is 32.2. The number of aromatic nitrogens is 2. The van der Waals surface area contributed by atoms with E-state index in [1.165, 1.54) is 15.4 Å². The fourth-order valence-electron chi connectivity index (χ4n) is 2.45. The van der Waals surface area contributed by atoms with Crippen LogP contribution in [0.15, 0.2) is 34.1 Å². The van der Waals surface area contributed by atoms with Gasteiger partial charge in [-0.25, -0.2) is 4.98 Å². The summed E-state index contributed by atoms with van der Waals surface area (Å²) in [5.74, 6) is 0.107. The van der Waals surface area contributed by atoms with Gasteiger partial charge in [-0.05, 0) is 25.1 Å². The lowest BCUT2D eigenvalue weighted by atomic mass is 10.2. The van der Waals surface area contributed by atoms with Gasteiger partial charge in [0.05, 0.1) is 17.1 Å². The molecular weight excluding hydrogens is 360 g/mol. The van der Waals surface area contributed by atoms with E-state index in [1.807, 2.05) is 6.92 Å². The Morgan fingerprint density at radius 1 is 1.40 bits per heavy atom. The molecule has 2 aromatic heterocycles. The molecule has 0 saturated carbocycles. The Balaban J connectivity index is 2.15. The molecule has 1 fully saturated rings. The number of amides is 1. The number of carbonyl (C=O) groups excluding carboxylic acids is 1. The Kier molecular flexibility index (Phi) is 5.16. The van der Waals surface area contributed by atoms with Gasteiger partial charge in [0.15, 0.2) is 0 Å². The molecule has 0 bridgehead atoms. The summed E-state index contributed by atoms with van der Waals surface area (Å²) in [6.07, 6.45) is 3.14. The standard InChI is InChI=1S/C16H16N4O3S2/c1-2-19-15(23)11(25-16(19)24)9-10-13(17-6-8-21)18-12-5-3-4-7-20(12)14(10)22/h3-5,7,9,17,21H,2,6,8H2,1H3/b11-9+. The summed E-state index contributed by atoms with van der Waals surface area (Å²) in [5, 5.41) is 12.0. The molecule has 2 aromatic rings. The Morgan fingerprint density at radius 3 is 2.88 bits per heavy atom. The van der Waals surface area contributed by atoms with Crippen LogP contribution in [0.4, 0.5) is 5.82 Å². The third-order valence-corrected chi connectivity index (χ3v) is 5.02. The summed E-state index contributed by atoms with van der Waals surface area (Å²) < 4.78 is 1.88. The summed E-state index contributed by atoms with van der Waals surface area (Å²) in [7, 11) is 0. The number of pyridine rings is 1. The molecular formula is C16H16N4O3S2. The first-order valence-electron chi connectivity index (χ1n) is 7.68. The Labute approximate surface area is 153 Å². The predicted octanol–water partition coefficient (Wildman–Crippen LogP) is 1.32. The van der Waals surface area contributed by atoms with Crippen LogP contribution in [0, 0.1) is 0 Å². The number of fused-ring (bicyclic) bond motifs is 1. The van der Waals surface area contributed by atoms with Crippen LogP contribution in [0.3, 0.4) is 0 Å². The minimum Gasteiger partial charge on any atom is -0.395 e. The number of hydrogen-bond donors (Lipinski definition) is 2. The van der Waals surface area contributed by atoms with Crippen molar-refractivity contribution < 1.29 is 9.90 Å². The number of hydrogen-bond acceptors (Lipinski definition) is 7. The Bertz CT molecular complexity index is 939. The Morgan fingerprint density at radius 2 is 2.20 bits per heavy atom. The molecule has 3 heterocycles. The van der Waals surface area contributed by atoms with E-state index >= 15 is 0 Å². The van der Waals surface area contributed by atoms with Crippen molar-refractivity contribution in [1.82, 2.24) is 14.3 Å². The smallest absolute Gasteiger partial charge is 0.267 e. The van der Waals surface area contributed by atoms with Crippen LogP contribution in [-0.4, -0.2) is 49.3 Å². The number of anilines is 1. The number of thioether (sulfide) groups is 1. The number of likely N-dealkylation sites (N-methyl/N-ethyl adjacent to an activating group) is 1. The molecule has 0 spiro atoms. The van der Waals surface area contributed by atoms with Crippen molar-refractivity contribution in [2.45, 2.75) is 6.92 Å². The lowest BCUT2D eigenvalue weighted by molar-refractivity contribution is -0.121. The SMILES string of the molecule is CCN1C(=O)/C(=C\c2c(NCCO)nc3ccccn3c2=O)SC1=S. The molecule has 1 aliphatic heterocycles. The summed E-state index contributed by atoms with van der Waals surface area (Å²) >= 11 is 6.37. The highest BCUT2D eigenvalue weighted by Crippen LogP contribution is 2.32. The average Bonchev–Trinajstić information content (AvgIpc) is 2.88. The molecule has 9 heteroatoms.